The second-order valence-corrected chi connectivity index (χ2v) is 3.90. The summed E-state index contributed by atoms with van der Waals surface area (Å²) in [7, 11) is 0. The summed E-state index contributed by atoms with van der Waals surface area (Å²) < 4.78 is 0. The zero-order chi connectivity index (χ0) is 10.9. The molecule has 0 heterocycles. The Hall–Kier alpha value is -0.770. The maximum atomic E-state index is 11.0. The minimum atomic E-state index is -1.80. The smallest absolute Gasteiger partial charge is 0.253 e. The van der Waals surface area contributed by atoms with E-state index >= 15 is 0 Å². The molecule has 0 aliphatic heterocycles. The van der Waals surface area contributed by atoms with Crippen molar-refractivity contribution >= 4 is 29.1 Å². The Morgan fingerprint density at radius 3 is 2.57 bits per heavy atom. The Morgan fingerprint density at radius 2 is 2.07 bits per heavy atom. The fourth-order valence-corrected chi connectivity index (χ4v) is 1.48. The summed E-state index contributed by atoms with van der Waals surface area (Å²) in [5, 5.41) is 10.4. The minimum Gasteiger partial charge on any atom is -0.375 e. The first-order valence-electron chi connectivity index (χ1n) is 3.83. The number of primary amides is 1. The zero-order valence-electron chi connectivity index (χ0n) is 7.42. The summed E-state index contributed by atoms with van der Waals surface area (Å²) in [6.45, 7) is 1.27. The highest BCUT2D eigenvalue weighted by Crippen LogP contribution is 2.30. The third kappa shape index (κ3) is 2.00. The van der Waals surface area contributed by atoms with Gasteiger partial charge in [-0.15, -0.1) is 0 Å². The van der Waals surface area contributed by atoms with Gasteiger partial charge in [0.1, 0.15) is 0 Å². The molecule has 0 aliphatic rings. The lowest BCUT2D eigenvalue weighted by Gasteiger charge is -2.20. The number of carbonyl (C=O) groups excluding carboxylic acids is 1. The molecule has 0 spiro atoms. The van der Waals surface area contributed by atoms with E-state index in [0.29, 0.717) is 5.02 Å². The van der Waals surface area contributed by atoms with E-state index in [2.05, 4.69) is 0 Å². The molecule has 0 saturated heterocycles. The van der Waals surface area contributed by atoms with E-state index in [9.17, 15) is 9.90 Å². The number of benzene rings is 1. The second-order valence-electron chi connectivity index (χ2n) is 3.06. The minimum absolute atomic E-state index is 0.208. The topological polar surface area (TPSA) is 63.3 Å². The number of halogens is 2. The number of carbonyl (C=O) groups is 1. The summed E-state index contributed by atoms with van der Waals surface area (Å²) in [4.78, 5) is 11.0. The number of aliphatic hydroxyl groups is 1. The fraction of sp³-hybridized carbons (Fsp3) is 0.222. The van der Waals surface area contributed by atoms with Crippen LogP contribution in [0.2, 0.25) is 10.0 Å². The van der Waals surface area contributed by atoms with Crippen LogP contribution < -0.4 is 5.73 Å². The Bertz CT molecular complexity index is 377. The van der Waals surface area contributed by atoms with Gasteiger partial charge in [0.25, 0.3) is 5.91 Å². The van der Waals surface area contributed by atoms with Crippen LogP contribution in [0.5, 0.6) is 0 Å². The first-order chi connectivity index (χ1) is 6.35. The first kappa shape index (κ1) is 11.3. The van der Waals surface area contributed by atoms with Gasteiger partial charge in [0.2, 0.25) is 0 Å². The molecule has 1 unspecified atom stereocenters. The summed E-state index contributed by atoms with van der Waals surface area (Å²) in [6.07, 6.45) is 0. The van der Waals surface area contributed by atoms with Crippen molar-refractivity contribution in [2.24, 2.45) is 5.73 Å². The molecule has 1 atom stereocenters. The summed E-state index contributed by atoms with van der Waals surface area (Å²) in [5.41, 5.74) is 3.43. The monoisotopic (exact) mass is 233 g/mol. The van der Waals surface area contributed by atoms with Crippen molar-refractivity contribution in [2.75, 3.05) is 0 Å². The molecule has 0 aliphatic carbocycles. The highest BCUT2D eigenvalue weighted by molar-refractivity contribution is 6.33. The molecule has 1 aromatic rings. The normalized spacial score (nSPS) is 14.9. The van der Waals surface area contributed by atoms with Crippen molar-refractivity contribution in [1.82, 2.24) is 0 Å². The molecule has 5 heteroatoms. The predicted octanol–water partition coefficient (Wildman–Crippen LogP) is 1.69. The lowest BCUT2D eigenvalue weighted by atomic mass is 9.95. The molecule has 76 valence electrons. The van der Waals surface area contributed by atoms with Crippen LogP contribution in [0.3, 0.4) is 0 Å². The molecular formula is C9H9Cl2NO2. The second kappa shape index (κ2) is 3.77. The summed E-state index contributed by atoms with van der Waals surface area (Å²) in [6, 6.07) is 4.47. The van der Waals surface area contributed by atoms with Gasteiger partial charge in [-0.25, -0.2) is 0 Å². The van der Waals surface area contributed by atoms with Crippen molar-refractivity contribution in [3.05, 3.63) is 33.8 Å². The molecule has 3 N–H and O–H groups in total. The molecule has 1 aromatic carbocycles. The number of nitrogens with two attached hydrogens (primary N) is 1. The van der Waals surface area contributed by atoms with E-state index in [0.717, 1.165) is 0 Å². The van der Waals surface area contributed by atoms with E-state index in [4.69, 9.17) is 28.9 Å². The first-order valence-corrected chi connectivity index (χ1v) is 4.59. The van der Waals surface area contributed by atoms with Gasteiger partial charge in [-0.2, -0.15) is 0 Å². The molecule has 0 aromatic heterocycles. The van der Waals surface area contributed by atoms with E-state index in [-0.39, 0.29) is 10.6 Å². The van der Waals surface area contributed by atoms with Gasteiger partial charge in [-0.3, -0.25) is 4.79 Å². The van der Waals surface area contributed by atoms with Crippen molar-refractivity contribution in [3.63, 3.8) is 0 Å². The van der Waals surface area contributed by atoms with Gasteiger partial charge >= 0.3 is 0 Å². The maximum Gasteiger partial charge on any atom is 0.253 e. The predicted molar refractivity (Wildman–Crippen MR) is 55.2 cm³/mol. The standard InChI is InChI=1S/C9H9Cl2NO2/c1-9(14,8(12)13)6-4-5(10)2-3-7(6)11/h2-4,14H,1H3,(H2,12,13). The fourth-order valence-electron chi connectivity index (χ4n) is 1.00. The van der Waals surface area contributed by atoms with Crippen LogP contribution in [0.15, 0.2) is 18.2 Å². The van der Waals surface area contributed by atoms with Crippen LogP contribution in [-0.4, -0.2) is 11.0 Å². The lowest BCUT2D eigenvalue weighted by Crippen LogP contribution is -2.38. The highest BCUT2D eigenvalue weighted by atomic mass is 35.5. The maximum absolute atomic E-state index is 11.0. The third-order valence-electron chi connectivity index (χ3n) is 1.93. The van der Waals surface area contributed by atoms with Crippen LogP contribution in [0.1, 0.15) is 12.5 Å². The van der Waals surface area contributed by atoms with Gasteiger partial charge in [-0.1, -0.05) is 23.2 Å². The number of hydrogen-bond donors (Lipinski definition) is 2. The molecule has 0 fully saturated rings. The van der Waals surface area contributed by atoms with Gasteiger partial charge in [-0.05, 0) is 25.1 Å². The number of rotatable bonds is 2. The molecule has 14 heavy (non-hydrogen) atoms. The van der Waals surface area contributed by atoms with E-state index < -0.39 is 11.5 Å². The van der Waals surface area contributed by atoms with E-state index in [1.54, 1.807) is 6.07 Å². The van der Waals surface area contributed by atoms with E-state index in [1.165, 1.54) is 19.1 Å². The van der Waals surface area contributed by atoms with Crippen molar-refractivity contribution in [2.45, 2.75) is 12.5 Å². The average Bonchev–Trinajstić information content (AvgIpc) is 2.08. The Balaban J connectivity index is 3.31. The molecule has 0 saturated carbocycles. The van der Waals surface area contributed by atoms with Crippen LogP contribution in [0.4, 0.5) is 0 Å². The number of amides is 1. The van der Waals surface area contributed by atoms with Crippen LogP contribution in [0.25, 0.3) is 0 Å². The largest absolute Gasteiger partial charge is 0.375 e. The molecule has 1 rings (SSSR count). The average molecular weight is 234 g/mol. The van der Waals surface area contributed by atoms with Crippen molar-refractivity contribution < 1.29 is 9.90 Å². The van der Waals surface area contributed by atoms with E-state index in [1.807, 2.05) is 0 Å². The van der Waals surface area contributed by atoms with Gasteiger partial charge in [0.15, 0.2) is 5.60 Å². The molecule has 0 radical (unpaired) electrons. The van der Waals surface area contributed by atoms with Crippen molar-refractivity contribution in [1.29, 1.82) is 0 Å². The van der Waals surface area contributed by atoms with Crippen LogP contribution in [0, 0.1) is 0 Å². The van der Waals surface area contributed by atoms with Gasteiger partial charge in [0.05, 0.1) is 0 Å². The molecular weight excluding hydrogens is 225 g/mol. The Kier molecular flexibility index (Phi) is 3.04. The zero-order valence-corrected chi connectivity index (χ0v) is 8.93. The molecule has 1 amide bonds. The van der Waals surface area contributed by atoms with Crippen molar-refractivity contribution in [3.8, 4) is 0 Å². The summed E-state index contributed by atoms with van der Waals surface area (Å²) >= 11 is 11.5. The summed E-state index contributed by atoms with van der Waals surface area (Å²) in [5.74, 6) is -0.873. The Labute approximate surface area is 91.4 Å². The van der Waals surface area contributed by atoms with Gasteiger partial charge < -0.3 is 10.8 Å². The Morgan fingerprint density at radius 1 is 1.50 bits per heavy atom. The molecule has 3 nitrogen and oxygen atoms in total. The molecule has 0 bridgehead atoms. The van der Waals surface area contributed by atoms with Crippen LogP contribution in [-0.2, 0) is 10.4 Å². The number of hydrogen-bond acceptors (Lipinski definition) is 2. The lowest BCUT2D eigenvalue weighted by molar-refractivity contribution is -0.135. The highest BCUT2D eigenvalue weighted by Gasteiger charge is 2.32. The van der Waals surface area contributed by atoms with Gasteiger partial charge in [0, 0.05) is 15.6 Å². The quantitative estimate of drug-likeness (QED) is 0.817. The SMILES string of the molecule is CC(O)(C(N)=O)c1cc(Cl)ccc1Cl. The third-order valence-corrected chi connectivity index (χ3v) is 2.50. The van der Waals surface area contributed by atoms with Crippen LogP contribution >= 0.6 is 23.2 Å².